The fraction of sp³-hybridized carbons (Fsp3) is 0.265. The van der Waals surface area contributed by atoms with Crippen LogP contribution in [0.15, 0.2) is 111 Å². The number of Topliss-reactive ketones (excluding diaryl/α,β-unsaturated/α-hetero) is 2. The van der Waals surface area contributed by atoms with Gasteiger partial charge in [-0.2, -0.15) is 20.5 Å². The number of anilines is 4. The molecule has 4 N–H and O–H groups in total. The van der Waals surface area contributed by atoms with Crippen molar-refractivity contribution in [1.29, 1.82) is 0 Å². The first-order valence-electron chi connectivity index (χ1n) is 21.6. The molecule has 2 atom stereocenters. The summed E-state index contributed by atoms with van der Waals surface area (Å²) in [5.41, 5.74) is 3.34. The van der Waals surface area contributed by atoms with Crippen LogP contribution >= 0.6 is 58.0 Å². The smallest absolute Gasteiger partial charge is 0.258 e. The van der Waals surface area contributed by atoms with Gasteiger partial charge in [0.1, 0.15) is 22.9 Å². The normalized spacial score (nSPS) is 12.0. The van der Waals surface area contributed by atoms with Gasteiger partial charge in [-0.15, -0.1) is 34.8 Å². The Bertz CT molecular complexity index is 2830. The van der Waals surface area contributed by atoms with Gasteiger partial charge < -0.3 is 30.7 Å². The molecule has 5 aromatic rings. The highest BCUT2D eigenvalue weighted by Crippen LogP contribution is 2.33. The number of carbonyl (C=O) groups excluding carboxylic acids is 6. The van der Waals surface area contributed by atoms with Gasteiger partial charge in [0.05, 0.1) is 34.4 Å². The van der Waals surface area contributed by atoms with Crippen LogP contribution in [-0.4, -0.2) is 72.3 Å². The van der Waals surface area contributed by atoms with Crippen LogP contribution in [0, 0.1) is 0 Å². The number of nitrogens with one attached hydrogen (secondary N) is 4. The van der Waals surface area contributed by atoms with Crippen LogP contribution < -0.4 is 30.7 Å². The molecule has 0 spiro atoms. The highest BCUT2D eigenvalue weighted by Gasteiger charge is 2.27. The Labute approximate surface area is 428 Å². The lowest BCUT2D eigenvalue weighted by atomic mass is 10.1. The summed E-state index contributed by atoms with van der Waals surface area (Å²) in [5.74, 6) is -2.44. The molecule has 0 aliphatic rings. The molecular formula is C49H47Cl5N8O8. The molecule has 70 heavy (non-hydrogen) atoms. The first kappa shape index (κ1) is 54.5. The number of nitrogens with zero attached hydrogens (tertiary/aromatic N) is 4. The number of rotatable bonds is 23. The van der Waals surface area contributed by atoms with E-state index in [1.54, 1.807) is 36.4 Å². The van der Waals surface area contributed by atoms with Gasteiger partial charge in [0, 0.05) is 40.4 Å². The molecule has 366 valence electrons. The topological polar surface area (TPSA) is 218 Å². The Morgan fingerprint density at radius 2 is 0.971 bits per heavy atom. The molecular weight excluding hydrogens is 1010 g/mol. The maximum absolute atomic E-state index is 13.5. The van der Waals surface area contributed by atoms with E-state index in [0.717, 1.165) is 25.0 Å². The fourth-order valence-corrected chi connectivity index (χ4v) is 7.76. The molecule has 0 bridgehead atoms. The molecule has 5 aromatic carbocycles. The van der Waals surface area contributed by atoms with E-state index in [2.05, 4.69) is 41.7 Å². The SMILES string of the molecule is CCOc1ccc(NC(=O)c2cccc(N=NC(C(C)=O)C(=O)Nc3ccc(NC(=O)C(N=Nc4cccc(C(=O)Nc5ccc(OCC)cc5CCCl)c4Cl)C(C)=O)c(CCl)c3)c2Cl)c(CCCl)c1. The number of ether oxygens (including phenoxy) is 2. The number of benzene rings is 5. The van der Waals surface area contributed by atoms with Crippen molar-refractivity contribution < 1.29 is 38.2 Å². The van der Waals surface area contributed by atoms with Crippen molar-refractivity contribution in [2.75, 3.05) is 46.2 Å². The number of ketones is 2. The van der Waals surface area contributed by atoms with Gasteiger partial charge in [0.15, 0.2) is 11.6 Å². The highest BCUT2D eigenvalue weighted by atomic mass is 35.5. The predicted molar refractivity (Wildman–Crippen MR) is 274 cm³/mol. The number of azo groups is 2. The van der Waals surface area contributed by atoms with E-state index in [-0.39, 0.29) is 49.8 Å². The lowest BCUT2D eigenvalue weighted by Crippen LogP contribution is -2.32. The number of halogens is 5. The molecule has 0 aliphatic heterocycles. The van der Waals surface area contributed by atoms with Gasteiger partial charge in [0.2, 0.25) is 12.1 Å². The minimum atomic E-state index is -1.64. The van der Waals surface area contributed by atoms with Crippen molar-refractivity contribution in [3.05, 3.63) is 129 Å². The molecule has 0 saturated carbocycles. The van der Waals surface area contributed by atoms with Crippen LogP contribution in [0.1, 0.15) is 65.1 Å². The van der Waals surface area contributed by atoms with Gasteiger partial charge in [0.25, 0.3) is 23.6 Å². The van der Waals surface area contributed by atoms with Crippen LogP contribution in [0.5, 0.6) is 11.5 Å². The number of amides is 4. The van der Waals surface area contributed by atoms with E-state index in [1.807, 2.05) is 13.8 Å². The lowest BCUT2D eigenvalue weighted by Gasteiger charge is -2.15. The molecule has 0 radical (unpaired) electrons. The van der Waals surface area contributed by atoms with Crippen molar-refractivity contribution in [3.8, 4) is 11.5 Å². The molecule has 0 aliphatic carbocycles. The summed E-state index contributed by atoms with van der Waals surface area (Å²) in [4.78, 5) is 79.1. The number of carbonyl (C=O) groups is 6. The third kappa shape index (κ3) is 14.6. The third-order valence-electron chi connectivity index (χ3n) is 10.0. The van der Waals surface area contributed by atoms with E-state index in [0.29, 0.717) is 66.3 Å². The van der Waals surface area contributed by atoms with Gasteiger partial charge in [-0.3, -0.25) is 28.8 Å². The van der Waals surface area contributed by atoms with Gasteiger partial charge in [-0.05, 0) is 136 Å². The Balaban J connectivity index is 1.26. The zero-order valence-electron chi connectivity index (χ0n) is 38.2. The number of hydrogen-bond donors (Lipinski definition) is 4. The summed E-state index contributed by atoms with van der Waals surface area (Å²) in [5, 5.41) is 26.8. The van der Waals surface area contributed by atoms with Crippen LogP contribution in [0.4, 0.5) is 34.1 Å². The highest BCUT2D eigenvalue weighted by molar-refractivity contribution is 6.37. The van der Waals surface area contributed by atoms with E-state index in [1.165, 1.54) is 54.6 Å². The summed E-state index contributed by atoms with van der Waals surface area (Å²) in [6.07, 6.45) is 0.919. The zero-order valence-corrected chi connectivity index (χ0v) is 42.0. The average Bonchev–Trinajstić information content (AvgIpc) is 3.32. The van der Waals surface area contributed by atoms with Gasteiger partial charge in [-0.1, -0.05) is 35.3 Å². The van der Waals surface area contributed by atoms with E-state index in [4.69, 9.17) is 67.5 Å². The Hall–Kier alpha value is -6.43. The fourth-order valence-electron chi connectivity index (χ4n) is 6.63. The summed E-state index contributed by atoms with van der Waals surface area (Å²) in [6.45, 7) is 6.95. The largest absolute Gasteiger partial charge is 0.494 e. The predicted octanol–water partition coefficient (Wildman–Crippen LogP) is 12.0. The first-order valence-corrected chi connectivity index (χ1v) is 23.9. The van der Waals surface area contributed by atoms with E-state index >= 15 is 0 Å². The number of aryl methyl sites for hydroxylation is 2. The van der Waals surface area contributed by atoms with Crippen LogP contribution in [0.2, 0.25) is 10.0 Å². The molecule has 0 fully saturated rings. The molecule has 16 nitrogen and oxygen atoms in total. The van der Waals surface area contributed by atoms with Crippen molar-refractivity contribution in [2.45, 2.75) is 58.5 Å². The average molecular weight is 1050 g/mol. The number of hydrogen-bond acceptors (Lipinski definition) is 12. The van der Waals surface area contributed by atoms with Crippen molar-refractivity contribution in [3.63, 3.8) is 0 Å². The van der Waals surface area contributed by atoms with Crippen LogP contribution in [0.25, 0.3) is 0 Å². The first-order chi connectivity index (χ1) is 33.6. The van der Waals surface area contributed by atoms with Crippen LogP contribution in [0.3, 0.4) is 0 Å². The molecule has 5 rings (SSSR count). The van der Waals surface area contributed by atoms with E-state index < -0.39 is 47.3 Å². The van der Waals surface area contributed by atoms with Gasteiger partial charge in [-0.25, -0.2) is 0 Å². The molecule has 2 unspecified atom stereocenters. The third-order valence-corrected chi connectivity index (χ3v) is 11.5. The molecule has 21 heteroatoms. The summed E-state index contributed by atoms with van der Waals surface area (Å²) < 4.78 is 11.1. The molecule has 4 amide bonds. The van der Waals surface area contributed by atoms with Crippen molar-refractivity contribution in [2.24, 2.45) is 20.5 Å². The lowest BCUT2D eigenvalue weighted by molar-refractivity contribution is -0.127. The molecule has 0 saturated heterocycles. The maximum atomic E-state index is 13.5. The van der Waals surface area contributed by atoms with Crippen molar-refractivity contribution >= 4 is 127 Å². The summed E-state index contributed by atoms with van der Waals surface area (Å²) >= 11 is 31.5. The second kappa shape index (κ2) is 26.5. The maximum Gasteiger partial charge on any atom is 0.258 e. The second-order valence-corrected chi connectivity index (χ2v) is 16.8. The monoisotopic (exact) mass is 1050 g/mol. The second-order valence-electron chi connectivity index (χ2n) is 15.0. The Morgan fingerprint density at radius 1 is 0.543 bits per heavy atom. The Kier molecular flexibility index (Phi) is 20.7. The number of alkyl halides is 3. The van der Waals surface area contributed by atoms with Crippen LogP contribution in [-0.2, 0) is 37.9 Å². The van der Waals surface area contributed by atoms with Gasteiger partial charge >= 0.3 is 0 Å². The standard InChI is InChI=1S/C49H47Cl5N8O8/c1-5-69-33-14-17-37(29(24-33)19-21-50)56-46(65)35-9-7-11-40(42(35)53)59-61-44(27(3)63)48(67)55-32-13-16-39(31(23-32)26-52)58-49(68)45(28(4)64)62-60-41-12-8-10-36(43(41)54)47(66)57-38-18-15-34(70-6-2)25-30(38)20-22-51/h7-18,23-25,44-45H,5-6,19-22,26H2,1-4H3,(H,55,67)(H,56,65)(H,57,66)(H,58,68). The van der Waals surface area contributed by atoms with Crippen molar-refractivity contribution in [1.82, 2.24) is 0 Å². The molecule has 0 heterocycles. The molecule has 0 aromatic heterocycles. The summed E-state index contributed by atoms with van der Waals surface area (Å²) in [6, 6.07) is 20.4. The quantitative estimate of drug-likeness (QED) is 0.0279. The minimum absolute atomic E-state index is 0.0169. The Morgan fingerprint density at radius 3 is 1.39 bits per heavy atom. The summed E-state index contributed by atoms with van der Waals surface area (Å²) in [7, 11) is 0. The van der Waals surface area contributed by atoms with E-state index in [9.17, 15) is 28.8 Å². The zero-order chi connectivity index (χ0) is 50.9. The minimum Gasteiger partial charge on any atom is -0.494 e.